The van der Waals surface area contributed by atoms with Crippen LogP contribution in [0.1, 0.15) is 41.8 Å². The zero-order valence-corrected chi connectivity index (χ0v) is 15.1. The normalized spacial score (nSPS) is 12.3. The molecule has 0 aliphatic heterocycles. The third-order valence-corrected chi connectivity index (χ3v) is 4.72. The molecular weight excluding hydrogens is 310 g/mol. The first-order valence-corrected chi connectivity index (χ1v) is 8.80. The summed E-state index contributed by atoms with van der Waals surface area (Å²) in [4.78, 5) is 12.2. The first kappa shape index (κ1) is 17.2. The van der Waals surface area contributed by atoms with Gasteiger partial charge in [-0.15, -0.1) is 0 Å². The largest absolute Gasteiger partial charge is 0.356 e. The van der Waals surface area contributed by atoms with Gasteiger partial charge in [0, 0.05) is 18.7 Å². The predicted octanol–water partition coefficient (Wildman–Crippen LogP) is 4.03. The topological polar surface area (TPSA) is 57.8 Å². The number of fused-ring (bicyclic) bond motifs is 1. The molecule has 1 heterocycles. The van der Waals surface area contributed by atoms with Crippen molar-refractivity contribution in [3.8, 4) is 0 Å². The van der Waals surface area contributed by atoms with Gasteiger partial charge in [0.05, 0.1) is 5.69 Å². The molecule has 1 aromatic heterocycles. The van der Waals surface area contributed by atoms with Crippen LogP contribution < -0.4 is 5.32 Å². The van der Waals surface area contributed by atoms with Crippen LogP contribution in [0.2, 0.25) is 0 Å². The van der Waals surface area contributed by atoms with Gasteiger partial charge in [-0.3, -0.25) is 9.89 Å². The second-order valence-corrected chi connectivity index (χ2v) is 6.73. The van der Waals surface area contributed by atoms with Gasteiger partial charge in [0.2, 0.25) is 5.91 Å². The maximum Gasteiger partial charge on any atom is 0.220 e. The Morgan fingerprint density at radius 1 is 1.16 bits per heavy atom. The Kier molecular flexibility index (Phi) is 5.17. The molecule has 0 radical (unpaired) electrons. The van der Waals surface area contributed by atoms with Crippen LogP contribution in [0.3, 0.4) is 0 Å². The molecule has 2 N–H and O–H groups in total. The molecule has 0 saturated heterocycles. The van der Waals surface area contributed by atoms with E-state index in [-0.39, 0.29) is 11.8 Å². The minimum absolute atomic E-state index is 0.0910. The maximum atomic E-state index is 12.2. The fraction of sp³-hybridized carbons (Fsp3) is 0.333. The Morgan fingerprint density at radius 2 is 1.92 bits per heavy atom. The number of H-pyrrole nitrogens is 1. The molecule has 3 aromatic rings. The van der Waals surface area contributed by atoms with Crippen LogP contribution in [0.4, 0.5) is 0 Å². The number of hydrogen-bond donors (Lipinski definition) is 2. The smallest absolute Gasteiger partial charge is 0.220 e. The minimum Gasteiger partial charge on any atom is -0.356 e. The van der Waals surface area contributed by atoms with E-state index in [2.05, 4.69) is 58.8 Å². The number of hydrogen-bond acceptors (Lipinski definition) is 2. The minimum atomic E-state index is 0.0910. The summed E-state index contributed by atoms with van der Waals surface area (Å²) in [5.41, 5.74) is 4.43. The van der Waals surface area contributed by atoms with Crippen molar-refractivity contribution < 1.29 is 4.79 Å². The van der Waals surface area contributed by atoms with Crippen LogP contribution in [0, 0.1) is 13.8 Å². The monoisotopic (exact) mass is 335 g/mol. The van der Waals surface area contributed by atoms with Crippen molar-refractivity contribution in [2.75, 3.05) is 6.54 Å². The lowest BCUT2D eigenvalue weighted by Gasteiger charge is -2.12. The lowest BCUT2D eigenvalue weighted by Crippen LogP contribution is -2.26. The van der Waals surface area contributed by atoms with Crippen molar-refractivity contribution >= 4 is 16.7 Å². The third-order valence-electron chi connectivity index (χ3n) is 4.72. The molecule has 0 saturated carbocycles. The van der Waals surface area contributed by atoms with Gasteiger partial charge in [-0.25, -0.2) is 0 Å². The van der Waals surface area contributed by atoms with Gasteiger partial charge in [-0.2, -0.15) is 5.10 Å². The third kappa shape index (κ3) is 4.08. The lowest BCUT2D eigenvalue weighted by molar-refractivity contribution is -0.121. The predicted molar refractivity (Wildman–Crippen MR) is 102 cm³/mol. The Bertz CT molecular complexity index is 862. The van der Waals surface area contributed by atoms with E-state index < -0.39 is 0 Å². The summed E-state index contributed by atoms with van der Waals surface area (Å²) < 4.78 is 0. The average Bonchev–Trinajstić information content (AvgIpc) is 2.93. The maximum absolute atomic E-state index is 12.2. The molecule has 0 bridgehead atoms. The second-order valence-electron chi connectivity index (χ2n) is 6.73. The SMILES string of the molecule is Cc1n[nH]c(C)c1[C@H](C)CC(=O)NCCc1ccc2ccccc2c1. The molecule has 1 atom stereocenters. The van der Waals surface area contributed by atoms with Crippen molar-refractivity contribution in [2.45, 2.75) is 39.5 Å². The molecule has 130 valence electrons. The van der Waals surface area contributed by atoms with Crippen LogP contribution in [-0.4, -0.2) is 22.6 Å². The van der Waals surface area contributed by atoms with Crippen molar-refractivity contribution in [1.82, 2.24) is 15.5 Å². The fourth-order valence-electron chi connectivity index (χ4n) is 3.48. The van der Waals surface area contributed by atoms with E-state index in [9.17, 15) is 4.79 Å². The van der Waals surface area contributed by atoms with E-state index in [0.29, 0.717) is 13.0 Å². The van der Waals surface area contributed by atoms with E-state index in [1.54, 1.807) is 0 Å². The summed E-state index contributed by atoms with van der Waals surface area (Å²) >= 11 is 0. The Labute approximate surface area is 148 Å². The van der Waals surface area contributed by atoms with Gasteiger partial charge in [0.15, 0.2) is 0 Å². The highest BCUT2D eigenvalue weighted by molar-refractivity contribution is 5.83. The highest BCUT2D eigenvalue weighted by atomic mass is 16.1. The Morgan fingerprint density at radius 3 is 2.64 bits per heavy atom. The summed E-state index contributed by atoms with van der Waals surface area (Å²) in [5, 5.41) is 12.7. The Hall–Kier alpha value is -2.62. The zero-order chi connectivity index (χ0) is 17.8. The number of rotatable bonds is 6. The van der Waals surface area contributed by atoms with Crippen LogP contribution >= 0.6 is 0 Å². The van der Waals surface area contributed by atoms with E-state index in [4.69, 9.17) is 0 Å². The summed E-state index contributed by atoms with van der Waals surface area (Å²) in [5.74, 6) is 0.257. The summed E-state index contributed by atoms with van der Waals surface area (Å²) in [7, 11) is 0. The quantitative estimate of drug-likeness (QED) is 0.714. The first-order chi connectivity index (χ1) is 12.0. The number of aromatic nitrogens is 2. The number of benzene rings is 2. The second kappa shape index (κ2) is 7.51. The molecule has 2 aromatic carbocycles. The number of carbonyl (C=O) groups is 1. The molecule has 1 amide bonds. The van der Waals surface area contributed by atoms with Crippen LogP contribution in [0.5, 0.6) is 0 Å². The van der Waals surface area contributed by atoms with E-state index in [0.717, 1.165) is 23.4 Å². The number of nitrogens with zero attached hydrogens (tertiary/aromatic N) is 1. The van der Waals surface area contributed by atoms with Gasteiger partial charge in [0.25, 0.3) is 0 Å². The van der Waals surface area contributed by atoms with Crippen LogP contribution in [0.15, 0.2) is 42.5 Å². The van der Waals surface area contributed by atoms with Crippen molar-refractivity contribution in [1.29, 1.82) is 0 Å². The number of amides is 1. The van der Waals surface area contributed by atoms with Gasteiger partial charge in [-0.05, 0) is 48.1 Å². The molecule has 4 heteroatoms. The molecule has 4 nitrogen and oxygen atoms in total. The number of aromatic amines is 1. The molecule has 3 rings (SSSR count). The van der Waals surface area contributed by atoms with Gasteiger partial charge >= 0.3 is 0 Å². The molecule has 0 fully saturated rings. The zero-order valence-electron chi connectivity index (χ0n) is 15.1. The summed E-state index contributed by atoms with van der Waals surface area (Å²) in [6.07, 6.45) is 1.33. The van der Waals surface area contributed by atoms with Crippen LogP contribution in [-0.2, 0) is 11.2 Å². The first-order valence-electron chi connectivity index (χ1n) is 8.80. The van der Waals surface area contributed by atoms with Crippen molar-refractivity contribution in [3.05, 3.63) is 65.0 Å². The van der Waals surface area contributed by atoms with Crippen molar-refractivity contribution in [2.24, 2.45) is 0 Å². The fourth-order valence-corrected chi connectivity index (χ4v) is 3.48. The summed E-state index contributed by atoms with van der Waals surface area (Å²) in [6, 6.07) is 14.8. The molecule has 0 spiro atoms. The lowest BCUT2D eigenvalue weighted by atomic mass is 9.95. The van der Waals surface area contributed by atoms with Gasteiger partial charge < -0.3 is 5.32 Å². The number of carbonyl (C=O) groups excluding carboxylic acids is 1. The molecule has 0 aliphatic rings. The number of nitrogens with one attached hydrogen (secondary N) is 2. The van der Waals surface area contributed by atoms with Crippen LogP contribution in [0.25, 0.3) is 10.8 Å². The van der Waals surface area contributed by atoms with E-state index in [1.165, 1.54) is 16.3 Å². The molecule has 25 heavy (non-hydrogen) atoms. The molecular formula is C21H25N3O. The van der Waals surface area contributed by atoms with Crippen molar-refractivity contribution in [3.63, 3.8) is 0 Å². The highest BCUT2D eigenvalue weighted by Crippen LogP contribution is 2.24. The van der Waals surface area contributed by atoms with Gasteiger partial charge in [-0.1, -0.05) is 49.4 Å². The average molecular weight is 335 g/mol. The standard InChI is InChI=1S/C21H25N3O/c1-14(21-15(2)23-24-16(21)3)12-20(25)22-11-10-17-8-9-18-6-4-5-7-19(18)13-17/h4-9,13-14H,10-12H2,1-3H3,(H,22,25)(H,23,24)/t14-/m1/s1. The van der Waals surface area contributed by atoms with Gasteiger partial charge in [0.1, 0.15) is 0 Å². The highest BCUT2D eigenvalue weighted by Gasteiger charge is 2.17. The Balaban J connectivity index is 1.52. The summed E-state index contributed by atoms with van der Waals surface area (Å²) in [6.45, 7) is 6.72. The van der Waals surface area contributed by atoms with E-state index >= 15 is 0 Å². The van der Waals surface area contributed by atoms with E-state index in [1.807, 2.05) is 19.9 Å². The molecule has 0 unspecified atom stereocenters. The number of aryl methyl sites for hydroxylation is 2. The molecule has 0 aliphatic carbocycles.